The van der Waals surface area contributed by atoms with Gasteiger partial charge in [0.15, 0.2) is 5.96 Å². The third-order valence-corrected chi connectivity index (χ3v) is 4.86. The Bertz CT molecular complexity index is 703. The summed E-state index contributed by atoms with van der Waals surface area (Å²) in [5.41, 5.74) is 3.52. The van der Waals surface area contributed by atoms with Crippen LogP contribution in [0.3, 0.4) is 0 Å². The number of hydrogen-bond acceptors (Lipinski definition) is 4. The van der Waals surface area contributed by atoms with Crippen LogP contribution in [0, 0.1) is 13.8 Å². The molecule has 0 fully saturated rings. The molecular formula is C21H32N4O2. The molecule has 2 rings (SSSR count). The highest BCUT2D eigenvalue weighted by Gasteiger charge is 2.09. The summed E-state index contributed by atoms with van der Waals surface area (Å²) in [7, 11) is 3.49. The van der Waals surface area contributed by atoms with Crippen LogP contribution in [0.1, 0.15) is 48.3 Å². The number of methoxy groups -OCH3 is 1. The fourth-order valence-electron chi connectivity index (χ4n) is 3.06. The van der Waals surface area contributed by atoms with Crippen molar-refractivity contribution in [1.29, 1.82) is 0 Å². The minimum absolute atomic E-state index is 0.473. The van der Waals surface area contributed by atoms with Crippen LogP contribution in [0.25, 0.3) is 0 Å². The van der Waals surface area contributed by atoms with Gasteiger partial charge in [-0.25, -0.2) is 0 Å². The predicted molar refractivity (Wildman–Crippen MR) is 110 cm³/mol. The molecule has 0 saturated heterocycles. The second-order valence-corrected chi connectivity index (χ2v) is 6.79. The lowest BCUT2D eigenvalue weighted by Crippen LogP contribution is -2.38. The number of nitrogens with one attached hydrogen (secondary N) is 2. The molecule has 27 heavy (non-hydrogen) atoms. The molecule has 0 aliphatic rings. The first kappa shape index (κ1) is 20.8. The van der Waals surface area contributed by atoms with E-state index in [9.17, 15) is 0 Å². The average molecular weight is 373 g/mol. The predicted octanol–water partition coefficient (Wildman–Crippen LogP) is 3.59. The molecule has 1 unspecified atom stereocenters. The van der Waals surface area contributed by atoms with Gasteiger partial charge in [0.1, 0.15) is 11.5 Å². The van der Waals surface area contributed by atoms with E-state index in [-0.39, 0.29) is 0 Å². The summed E-state index contributed by atoms with van der Waals surface area (Å²) in [5.74, 6) is 3.13. The number of aromatic nitrogens is 1. The normalized spacial score (nSPS) is 12.7. The zero-order valence-corrected chi connectivity index (χ0v) is 17.1. The van der Waals surface area contributed by atoms with E-state index in [1.165, 1.54) is 11.1 Å². The van der Waals surface area contributed by atoms with Crippen molar-refractivity contribution >= 4 is 5.96 Å². The van der Waals surface area contributed by atoms with Gasteiger partial charge in [0.2, 0.25) is 0 Å². The number of aryl methyl sites for hydroxylation is 2. The summed E-state index contributed by atoms with van der Waals surface area (Å²) in [5, 5.41) is 10.8. The molecule has 2 N–H and O–H groups in total. The van der Waals surface area contributed by atoms with Crippen molar-refractivity contribution in [1.82, 2.24) is 15.8 Å². The van der Waals surface area contributed by atoms with E-state index in [0.29, 0.717) is 5.92 Å². The van der Waals surface area contributed by atoms with E-state index in [1.807, 2.05) is 26.0 Å². The van der Waals surface area contributed by atoms with Crippen LogP contribution in [0.4, 0.5) is 0 Å². The van der Waals surface area contributed by atoms with Gasteiger partial charge in [-0.1, -0.05) is 24.2 Å². The van der Waals surface area contributed by atoms with Crippen LogP contribution in [0.5, 0.6) is 5.75 Å². The third-order valence-electron chi connectivity index (χ3n) is 4.86. The lowest BCUT2D eigenvalue weighted by molar-refractivity contribution is 0.392. The molecule has 1 atom stereocenters. The smallest absolute Gasteiger partial charge is 0.190 e. The minimum atomic E-state index is 0.473. The number of ether oxygens (including phenoxy) is 1. The lowest BCUT2D eigenvalue weighted by atomic mass is 9.98. The van der Waals surface area contributed by atoms with Gasteiger partial charge in [0, 0.05) is 25.7 Å². The highest BCUT2D eigenvalue weighted by molar-refractivity contribution is 5.79. The zero-order chi connectivity index (χ0) is 19.6. The Morgan fingerprint density at radius 1 is 1.19 bits per heavy atom. The molecule has 1 heterocycles. The maximum Gasteiger partial charge on any atom is 0.190 e. The summed E-state index contributed by atoms with van der Waals surface area (Å²) in [6.45, 7) is 7.93. The molecule has 148 valence electrons. The van der Waals surface area contributed by atoms with Crippen LogP contribution in [-0.4, -0.2) is 38.4 Å². The van der Waals surface area contributed by atoms with Crippen molar-refractivity contribution in [2.45, 2.75) is 46.0 Å². The Labute approximate surface area is 162 Å². The van der Waals surface area contributed by atoms with Gasteiger partial charge in [-0.3, -0.25) is 4.99 Å². The summed E-state index contributed by atoms with van der Waals surface area (Å²) in [6.07, 6.45) is 3.00. The van der Waals surface area contributed by atoms with E-state index in [0.717, 1.165) is 55.5 Å². The maximum atomic E-state index is 5.21. The first-order chi connectivity index (χ1) is 13.0. The Balaban J connectivity index is 1.67. The standard InChI is InChI=1S/C21H32N4O2/c1-15(18-8-10-19(26-5)11-9-18)12-14-24-21(22-4)23-13-6-7-20-16(2)25-27-17(20)3/h8-11,15H,6-7,12-14H2,1-5H3,(H2,22,23,24). The van der Waals surface area contributed by atoms with Crippen molar-refractivity contribution in [2.24, 2.45) is 4.99 Å². The molecule has 0 spiro atoms. The van der Waals surface area contributed by atoms with Gasteiger partial charge in [-0.15, -0.1) is 0 Å². The van der Waals surface area contributed by atoms with Gasteiger partial charge in [-0.2, -0.15) is 0 Å². The average Bonchev–Trinajstić information content (AvgIpc) is 3.01. The molecule has 1 aromatic carbocycles. The summed E-state index contributed by atoms with van der Waals surface area (Å²) >= 11 is 0. The van der Waals surface area contributed by atoms with Crippen LogP contribution in [0.2, 0.25) is 0 Å². The van der Waals surface area contributed by atoms with E-state index in [4.69, 9.17) is 9.26 Å². The maximum absolute atomic E-state index is 5.21. The Hall–Kier alpha value is -2.50. The highest BCUT2D eigenvalue weighted by Crippen LogP contribution is 2.21. The molecule has 0 bridgehead atoms. The second-order valence-electron chi connectivity index (χ2n) is 6.79. The van der Waals surface area contributed by atoms with Gasteiger partial charge in [0.25, 0.3) is 0 Å². The Kier molecular flexibility index (Phi) is 8.17. The quantitative estimate of drug-likeness (QED) is 0.400. The third kappa shape index (κ3) is 6.31. The minimum Gasteiger partial charge on any atom is -0.497 e. The van der Waals surface area contributed by atoms with E-state index >= 15 is 0 Å². The molecule has 6 nitrogen and oxygen atoms in total. The fourth-order valence-corrected chi connectivity index (χ4v) is 3.06. The van der Waals surface area contributed by atoms with Crippen LogP contribution in [0.15, 0.2) is 33.8 Å². The fraction of sp³-hybridized carbons (Fsp3) is 0.524. The largest absolute Gasteiger partial charge is 0.497 e. The van der Waals surface area contributed by atoms with Crippen LogP contribution < -0.4 is 15.4 Å². The molecule has 0 aliphatic carbocycles. The van der Waals surface area contributed by atoms with E-state index in [2.05, 4.69) is 39.8 Å². The summed E-state index contributed by atoms with van der Waals surface area (Å²) < 4.78 is 10.4. The Morgan fingerprint density at radius 3 is 2.48 bits per heavy atom. The molecular weight excluding hydrogens is 340 g/mol. The molecule has 0 saturated carbocycles. The molecule has 0 amide bonds. The molecule has 0 radical (unpaired) electrons. The summed E-state index contributed by atoms with van der Waals surface area (Å²) in [4.78, 5) is 4.30. The van der Waals surface area contributed by atoms with Gasteiger partial charge in [0.05, 0.1) is 12.8 Å². The van der Waals surface area contributed by atoms with Gasteiger partial charge >= 0.3 is 0 Å². The highest BCUT2D eigenvalue weighted by atomic mass is 16.5. The van der Waals surface area contributed by atoms with Gasteiger partial charge < -0.3 is 19.9 Å². The first-order valence-corrected chi connectivity index (χ1v) is 9.55. The van der Waals surface area contributed by atoms with Crippen molar-refractivity contribution in [3.8, 4) is 5.75 Å². The molecule has 6 heteroatoms. The van der Waals surface area contributed by atoms with Crippen LogP contribution >= 0.6 is 0 Å². The molecule has 1 aromatic heterocycles. The summed E-state index contributed by atoms with van der Waals surface area (Å²) in [6, 6.07) is 8.29. The van der Waals surface area contributed by atoms with Crippen molar-refractivity contribution in [2.75, 3.05) is 27.2 Å². The number of hydrogen-bond donors (Lipinski definition) is 2. The SMILES string of the molecule is CN=C(NCCCc1c(C)noc1C)NCCC(C)c1ccc(OC)cc1. The topological polar surface area (TPSA) is 71.7 Å². The van der Waals surface area contributed by atoms with Crippen molar-refractivity contribution in [3.63, 3.8) is 0 Å². The first-order valence-electron chi connectivity index (χ1n) is 9.55. The molecule has 2 aromatic rings. The van der Waals surface area contributed by atoms with Crippen molar-refractivity contribution in [3.05, 3.63) is 46.8 Å². The Morgan fingerprint density at radius 2 is 1.89 bits per heavy atom. The van der Waals surface area contributed by atoms with Crippen LogP contribution in [-0.2, 0) is 6.42 Å². The zero-order valence-electron chi connectivity index (χ0n) is 17.1. The second kappa shape index (κ2) is 10.6. The number of benzene rings is 1. The monoisotopic (exact) mass is 372 g/mol. The lowest BCUT2D eigenvalue weighted by Gasteiger charge is -2.15. The van der Waals surface area contributed by atoms with Gasteiger partial charge in [-0.05, 0) is 56.7 Å². The number of rotatable bonds is 9. The number of aliphatic imine (C=N–C) groups is 1. The van der Waals surface area contributed by atoms with Crippen molar-refractivity contribution < 1.29 is 9.26 Å². The van der Waals surface area contributed by atoms with E-state index < -0.39 is 0 Å². The van der Waals surface area contributed by atoms with E-state index in [1.54, 1.807) is 14.2 Å². The number of guanidine groups is 1. The number of nitrogens with zero attached hydrogens (tertiary/aromatic N) is 2. The molecule has 0 aliphatic heterocycles.